The summed E-state index contributed by atoms with van der Waals surface area (Å²) in [6.07, 6.45) is 2.22. The van der Waals surface area contributed by atoms with E-state index >= 15 is 0 Å². The van der Waals surface area contributed by atoms with E-state index in [9.17, 15) is 0 Å². The normalized spacial score (nSPS) is 12.7. The summed E-state index contributed by atoms with van der Waals surface area (Å²) in [5.41, 5.74) is 6.73. The molecule has 1 rings (SSSR count). The van der Waals surface area contributed by atoms with Crippen LogP contribution in [-0.4, -0.2) is 24.1 Å². The Bertz CT molecular complexity index is 295. The van der Waals surface area contributed by atoms with Gasteiger partial charge in [0.2, 0.25) is 0 Å². The molecule has 4 nitrogen and oxygen atoms in total. The first-order valence-electron chi connectivity index (χ1n) is 5.16. The second kappa shape index (κ2) is 5.92. The standard InChI is InChI=1S/C10H19N3OS/c1-4-5-8(6-14-3)12-10-7(2)9(11)13-15-10/h8,12H,4-6H2,1-3H3,(H2,11,13). The number of nitrogens with two attached hydrogens (primary N) is 1. The Morgan fingerprint density at radius 3 is 2.80 bits per heavy atom. The van der Waals surface area contributed by atoms with Crippen LogP contribution in [0.3, 0.4) is 0 Å². The van der Waals surface area contributed by atoms with Crippen molar-refractivity contribution in [3.8, 4) is 0 Å². The molecule has 0 aromatic carbocycles. The summed E-state index contributed by atoms with van der Waals surface area (Å²) in [5, 5.41) is 4.48. The van der Waals surface area contributed by atoms with Crippen LogP contribution in [0, 0.1) is 6.92 Å². The lowest BCUT2D eigenvalue weighted by Gasteiger charge is -2.17. The molecule has 0 bridgehead atoms. The number of rotatable bonds is 6. The van der Waals surface area contributed by atoms with Crippen molar-refractivity contribution in [3.63, 3.8) is 0 Å². The lowest BCUT2D eigenvalue weighted by atomic mass is 10.2. The monoisotopic (exact) mass is 229 g/mol. The average molecular weight is 229 g/mol. The van der Waals surface area contributed by atoms with Gasteiger partial charge in [0.05, 0.1) is 12.6 Å². The number of nitrogens with one attached hydrogen (secondary N) is 1. The number of nitrogen functional groups attached to an aromatic ring is 1. The fourth-order valence-corrected chi connectivity index (χ4v) is 2.20. The minimum Gasteiger partial charge on any atom is -0.383 e. The summed E-state index contributed by atoms with van der Waals surface area (Å²) in [4.78, 5) is 0. The smallest absolute Gasteiger partial charge is 0.142 e. The van der Waals surface area contributed by atoms with Gasteiger partial charge < -0.3 is 15.8 Å². The van der Waals surface area contributed by atoms with E-state index in [-0.39, 0.29) is 0 Å². The maximum absolute atomic E-state index is 5.69. The van der Waals surface area contributed by atoms with Gasteiger partial charge in [-0.05, 0) is 24.9 Å². The molecule has 0 aliphatic carbocycles. The van der Waals surface area contributed by atoms with Crippen LogP contribution in [0.15, 0.2) is 0 Å². The van der Waals surface area contributed by atoms with Crippen molar-refractivity contribution in [1.82, 2.24) is 4.37 Å². The van der Waals surface area contributed by atoms with Crippen LogP contribution in [0.1, 0.15) is 25.3 Å². The summed E-state index contributed by atoms with van der Waals surface area (Å²) < 4.78 is 9.27. The van der Waals surface area contributed by atoms with Crippen molar-refractivity contribution in [3.05, 3.63) is 5.56 Å². The maximum Gasteiger partial charge on any atom is 0.142 e. The van der Waals surface area contributed by atoms with Crippen LogP contribution in [0.4, 0.5) is 10.8 Å². The molecule has 86 valence electrons. The SMILES string of the molecule is CCCC(COC)Nc1snc(N)c1C. The van der Waals surface area contributed by atoms with Crippen LogP contribution in [-0.2, 0) is 4.74 Å². The van der Waals surface area contributed by atoms with Gasteiger partial charge in [-0.15, -0.1) is 0 Å². The minimum atomic E-state index is 0.346. The van der Waals surface area contributed by atoms with Crippen LogP contribution in [0.2, 0.25) is 0 Å². The minimum absolute atomic E-state index is 0.346. The Labute approximate surface area is 95.0 Å². The average Bonchev–Trinajstić information content (AvgIpc) is 2.51. The van der Waals surface area contributed by atoms with E-state index in [1.165, 1.54) is 11.5 Å². The summed E-state index contributed by atoms with van der Waals surface area (Å²) in [6.45, 7) is 4.86. The topological polar surface area (TPSA) is 60.2 Å². The first-order valence-corrected chi connectivity index (χ1v) is 5.93. The Kier molecular flexibility index (Phi) is 4.84. The van der Waals surface area contributed by atoms with E-state index in [0.717, 1.165) is 23.4 Å². The molecular formula is C10H19N3OS. The van der Waals surface area contributed by atoms with Gasteiger partial charge in [0.1, 0.15) is 10.8 Å². The molecule has 0 fully saturated rings. The van der Waals surface area contributed by atoms with Crippen LogP contribution in [0.5, 0.6) is 0 Å². The lowest BCUT2D eigenvalue weighted by Crippen LogP contribution is -2.24. The third-order valence-corrected chi connectivity index (χ3v) is 3.19. The number of methoxy groups -OCH3 is 1. The van der Waals surface area contributed by atoms with E-state index < -0.39 is 0 Å². The van der Waals surface area contributed by atoms with Gasteiger partial charge in [-0.1, -0.05) is 13.3 Å². The molecule has 0 saturated carbocycles. The van der Waals surface area contributed by atoms with Gasteiger partial charge in [-0.25, -0.2) is 0 Å². The highest BCUT2D eigenvalue weighted by Gasteiger charge is 2.12. The summed E-state index contributed by atoms with van der Waals surface area (Å²) in [6, 6.07) is 0.346. The first-order chi connectivity index (χ1) is 7.19. The van der Waals surface area contributed by atoms with Crippen molar-refractivity contribution in [2.24, 2.45) is 0 Å². The summed E-state index contributed by atoms with van der Waals surface area (Å²) in [5.74, 6) is 0.621. The molecule has 0 spiro atoms. The van der Waals surface area contributed by atoms with Gasteiger partial charge in [0.25, 0.3) is 0 Å². The Morgan fingerprint density at radius 1 is 1.60 bits per heavy atom. The molecule has 0 amide bonds. The zero-order valence-corrected chi connectivity index (χ0v) is 10.4. The fraction of sp³-hybridized carbons (Fsp3) is 0.700. The lowest BCUT2D eigenvalue weighted by molar-refractivity contribution is 0.182. The van der Waals surface area contributed by atoms with Crippen LogP contribution < -0.4 is 11.1 Å². The van der Waals surface area contributed by atoms with Gasteiger partial charge in [0.15, 0.2) is 0 Å². The zero-order chi connectivity index (χ0) is 11.3. The van der Waals surface area contributed by atoms with Crippen LogP contribution >= 0.6 is 11.5 Å². The Balaban J connectivity index is 2.60. The predicted octanol–water partition coefficient (Wildman–Crippen LogP) is 2.26. The quantitative estimate of drug-likeness (QED) is 0.785. The zero-order valence-electron chi connectivity index (χ0n) is 9.54. The van der Waals surface area contributed by atoms with E-state index in [4.69, 9.17) is 10.5 Å². The van der Waals surface area contributed by atoms with E-state index in [1.54, 1.807) is 7.11 Å². The van der Waals surface area contributed by atoms with Crippen LogP contribution in [0.25, 0.3) is 0 Å². The highest BCUT2D eigenvalue weighted by Crippen LogP contribution is 2.26. The van der Waals surface area contributed by atoms with Crippen molar-refractivity contribution in [2.75, 3.05) is 24.8 Å². The first kappa shape index (κ1) is 12.3. The Hall–Kier alpha value is -0.810. The van der Waals surface area contributed by atoms with E-state index in [0.29, 0.717) is 18.5 Å². The number of hydrogen-bond donors (Lipinski definition) is 2. The third kappa shape index (κ3) is 3.35. The molecule has 1 unspecified atom stereocenters. The van der Waals surface area contributed by atoms with Crippen molar-refractivity contribution < 1.29 is 4.74 Å². The van der Waals surface area contributed by atoms with Gasteiger partial charge >= 0.3 is 0 Å². The number of anilines is 2. The molecule has 1 aromatic heterocycles. The fourth-order valence-electron chi connectivity index (χ4n) is 1.41. The molecule has 5 heteroatoms. The number of ether oxygens (including phenoxy) is 1. The molecule has 1 heterocycles. The molecule has 1 aromatic rings. The van der Waals surface area contributed by atoms with Crippen molar-refractivity contribution >= 4 is 22.4 Å². The second-order valence-electron chi connectivity index (χ2n) is 3.61. The van der Waals surface area contributed by atoms with E-state index in [1.807, 2.05) is 6.92 Å². The maximum atomic E-state index is 5.69. The summed E-state index contributed by atoms with van der Waals surface area (Å²) >= 11 is 1.41. The third-order valence-electron chi connectivity index (χ3n) is 2.30. The summed E-state index contributed by atoms with van der Waals surface area (Å²) in [7, 11) is 1.72. The van der Waals surface area contributed by atoms with E-state index in [2.05, 4.69) is 16.6 Å². The number of hydrogen-bond acceptors (Lipinski definition) is 5. The Morgan fingerprint density at radius 2 is 2.33 bits per heavy atom. The molecule has 0 saturated heterocycles. The molecule has 1 atom stereocenters. The number of aromatic nitrogens is 1. The predicted molar refractivity (Wildman–Crippen MR) is 65.5 cm³/mol. The van der Waals surface area contributed by atoms with Gasteiger partial charge in [-0.2, -0.15) is 4.37 Å². The highest BCUT2D eigenvalue weighted by molar-refractivity contribution is 7.10. The van der Waals surface area contributed by atoms with Gasteiger partial charge in [0, 0.05) is 12.7 Å². The molecule has 3 N–H and O–H groups in total. The largest absolute Gasteiger partial charge is 0.383 e. The molecule has 0 radical (unpaired) electrons. The van der Waals surface area contributed by atoms with Crippen molar-refractivity contribution in [2.45, 2.75) is 32.7 Å². The molecule has 0 aliphatic heterocycles. The molecular weight excluding hydrogens is 210 g/mol. The van der Waals surface area contributed by atoms with Crippen molar-refractivity contribution in [1.29, 1.82) is 0 Å². The second-order valence-corrected chi connectivity index (χ2v) is 4.38. The molecule has 15 heavy (non-hydrogen) atoms. The highest BCUT2D eigenvalue weighted by atomic mass is 32.1. The number of nitrogens with zero attached hydrogens (tertiary/aromatic N) is 1. The molecule has 0 aliphatic rings. The van der Waals surface area contributed by atoms with Gasteiger partial charge in [-0.3, -0.25) is 0 Å².